The smallest absolute Gasteiger partial charge is 0.261 e. The van der Waals surface area contributed by atoms with Crippen molar-refractivity contribution in [2.24, 2.45) is 0 Å². The summed E-state index contributed by atoms with van der Waals surface area (Å²) in [5.74, 6) is 1.39. The molecule has 0 unspecified atom stereocenters. The van der Waals surface area contributed by atoms with Crippen molar-refractivity contribution in [3.05, 3.63) is 34.8 Å². The lowest BCUT2D eigenvalue weighted by Crippen LogP contribution is -2.26. The Kier molecular flexibility index (Phi) is 5.32. The van der Waals surface area contributed by atoms with Crippen LogP contribution in [0.5, 0.6) is 11.5 Å². The fourth-order valence-electron chi connectivity index (χ4n) is 2.80. The fourth-order valence-corrected chi connectivity index (χ4v) is 3.78. The van der Waals surface area contributed by atoms with E-state index >= 15 is 0 Å². The van der Waals surface area contributed by atoms with Crippen LogP contribution in [0.4, 0.5) is 5.13 Å². The molecule has 0 aliphatic carbocycles. The Labute approximate surface area is 145 Å². The van der Waals surface area contributed by atoms with E-state index in [0.29, 0.717) is 28.1 Å². The van der Waals surface area contributed by atoms with Gasteiger partial charge in [-0.3, -0.25) is 10.1 Å². The highest BCUT2D eigenvalue weighted by Gasteiger charge is 2.19. The van der Waals surface area contributed by atoms with Crippen LogP contribution in [0.3, 0.4) is 0 Å². The molecule has 2 aromatic rings. The third-order valence-corrected chi connectivity index (χ3v) is 5.21. The van der Waals surface area contributed by atoms with Crippen molar-refractivity contribution in [2.75, 3.05) is 32.6 Å². The first-order chi connectivity index (χ1) is 11.7. The number of ether oxygens (including phenoxy) is 2. The molecule has 1 aliphatic heterocycles. The predicted molar refractivity (Wildman–Crippen MR) is 94.5 cm³/mol. The summed E-state index contributed by atoms with van der Waals surface area (Å²) in [6.45, 7) is 2.07. The number of methoxy groups -OCH3 is 2. The van der Waals surface area contributed by atoms with Crippen LogP contribution in [0.25, 0.3) is 0 Å². The number of anilines is 1. The summed E-state index contributed by atoms with van der Waals surface area (Å²) in [5.41, 5.74) is 0.426. The SMILES string of the molecule is COc1ccc(OC)c(C(=O)Nc2ncc(C3CCNCC3)s2)c1. The largest absolute Gasteiger partial charge is 0.497 e. The van der Waals surface area contributed by atoms with E-state index in [-0.39, 0.29) is 5.91 Å². The molecule has 0 saturated carbocycles. The second-order valence-electron chi connectivity index (χ2n) is 5.61. The molecule has 6 nitrogen and oxygen atoms in total. The molecule has 3 rings (SSSR count). The van der Waals surface area contributed by atoms with Crippen LogP contribution in [0.15, 0.2) is 24.4 Å². The lowest BCUT2D eigenvalue weighted by Gasteiger charge is -2.20. The molecule has 24 heavy (non-hydrogen) atoms. The number of piperidine rings is 1. The molecule has 2 N–H and O–H groups in total. The predicted octanol–water partition coefficient (Wildman–Crippen LogP) is 2.88. The molecule has 0 radical (unpaired) electrons. The van der Waals surface area contributed by atoms with Gasteiger partial charge in [0.05, 0.1) is 19.8 Å². The number of hydrogen-bond donors (Lipinski definition) is 2. The average molecular weight is 347 g/mol. The van der Waals surface area contributed by atoms with Crippen molar-refractivity contribution in [1.29, 1.82) is 0 Å². The minimum absolute atomic E-state index is 0.253. The van der Waals surface area contributed by atoms with E-state index in [4.69, 9.17) is 9.47 Å². The van der Waals surface area contributed by atoms with E-state index in [1.54, 1.807) is 36.6 Å². The van der Waals surface area contributed by atoms with Crippen molar-refractivity contribution in [2.45, 2.75) is 18.8 Å². The standard InChI is InChI=1S/C17H21N3O3S/c1-22-12-3-4-14(23-2)13(9-12)16(21)20-17-19-10-15(24-17)11-5-7-18-8-6-11/h3-4,9-11,18H,5-8H2,1-2H3,(H,19,20,21). The maximum absolute atomic E-state index is 12.6. The average Bonchev–Trinajstić information content (AvgIpc) is 3.10. The van der Waals surface area contributed by atoms with Gasteiger partial charge in [-0.15, -0.1) is 11.3 Å². The Hall–Kier alpha value is -2.12. The van der Waals surface area contributed by atoms with Gasteiger partial charge in [0.2, 0.25) is 0 Å². The van der Waals surface area contributed by atoms with Gasteiger partial charge in [-0.05, 0) is 50.0 Å². The number of hydrogen-bond acceptors (Lipinski definition) is 6. The first kappa shape index (κ1) is 16.7. The second-order valence-corrected chi connectivity index (χ2v) is 6.67. The number of nitrogens with zero attached hydrogens (tertiary/aromatic N) is 1. The molecule has 1 saturated heterocycles. The van der Waals surface area contributed by atoms with Gasteiger partial charge < -0.3 is 14.8 Å². The van der Waals surface area contributed by atoms with Gasteiger partial charge in [-0.25, -0.2) is 4.98 Å². The van der Waals surface area contributed by atoms with E-state index < -0.39 is 0 Å². The Morgan fingerprint density at radius 1 is 1.29 bits per heavy atom. The van der Waals surface area contributed by atoms with Gasteiger partial charge in [0.15, 0.2) is 5.13 Å². The first-order valence-corrected chi connectivity index (χ1v) is 8.72. The number of rotatable bonds is 5. The Morgan fingerprint density at radius 3 is 2.79 bits per heavy atom. The topological polar surface area (TPSA) is 72.5 Å². The van der Waals surface area contributed by atoms with Crippen LogP contribution in [-0.4, -0.2) is 38.2 Å². The maximum atomic E-state index is 12.6. The van der Waals surface area contributed by atoms with Crippen LogP contribution in [0.1, 0.15) is 34.0 Å². The summed E-state index contributed by atoms with van der Waals surface area (Å²) < 4.78 is 10.4. The van der Waals surface area contributed by atoms with Crippen LogP contribution < -0.4 is 20.1 Å². The quantitative estimate of drug-likeness (QED) is 0.870. The van der Waals surface area contributed by atoms with Gasteiger partial charge in [0, 0.05) is 11.1 Å². The molecule has 128 valence electrons. The number of amides is 1. The van der Waals surface area contributed by atoms with Gasteiger partial charge in [0.25, 0.3) is 5.91 Å². The van der Waals surface area contributed by atoms with E-state index in [1.807, 2.05) is 6.20 Å². The highest BCUT2D eigenvalue weighted by atomic mass is 32.1. The normalized spacial score (nSPS) is 15.1. The molecule has 1 aromatic carbocycles. The molecule has 1 fully saturated rings. The molecule has 7 heteroatoms. The summed E-state index contributed by atoms with van der Waals surface area (Å²) in [6.07, 6.45) is 4.09. The molecule has 0 spiro atoms. The zero-order valence-electron chi connectivity index (χ0n) is 13.8. The van der Waals surface area contributed by atoms with Crippen molar-refractivity contribution in [3.63, 3.8) is 0 Å². The summed E-state index contributed by atoms with van der Waals surface area (Å²) >= 11 is 1.54. The minimum atomic E-state index is -0.253. The number of aromatic nitrogens is 1. The summed E-state index contributed by atoms with van der Waals surface area (Å²) in [5, 5.41) is 6.83. The van der Waals surface area contributed by atoms with Crippen molar-refractivity contribution >= 4 is 22.4 Å². The summed E-state index contributed by atoms with van der Waals surface area (Å²) in [7, 11) is 3.10. The molecule has 0 bridgehead atoms. The van der Waals surface area contributed by atoms with E-state index in [9.17, 15) is 4.79 Å². The first-order valence-electron chi connectivity index (χ1n) is 7.91. The van der Waals surface area contributed by atoms with Gasteiger partial charge >= 0.3 is 0 Å². The number of thiazole rings is 1. The summed E-state index contributed by atoms with van der Waals surface area (Å²) in [4.78, 5) is 18.1. The fraction of sp³-hybridized carbons (Fsp3) is 0.412. The Morgan fingerprint density at radius 2 is 2.08 bits per heavy atom. The molecule has 2 heterocycles. The molecule has 1 aromatic heterocycles. The number of nitrogens with one attached hydrogen (secondary N) is 2. The number of benzene rings is 1. The second kappa shape index (κ2) is 7.63. The number of carbonyl (C=O) groups is 1. The third kappa shape index (κ3) is 3.68. The van der Waals surface area contributed by atoms with Crippen LogP contribution in [-0.2, 0) is 0 Å². The van der Waals surface area contributed by atoms with Crippen LogP contribution in [0, 0.1) is 0 Å². The van der Waals surface area contributed by atoms with Gasteiger partial charge in [-0.2, -0.15) is 0 Å². The highest BCUT2D eigenvalue weighted by molar-refractivity contribution is 7.15. The van der Waals surface area contributed by atoms with Crippen molar-refractivity contribution in [3.8, 4) is 11.5 Å². The third-order valence-electron chi connectivity index (χ3n) is 4.14. The van der Waals surface area contributed by atoms with E-state index in [0.717, 1.165) is 25.9 Å². The van der Waals surface area contributed by atoms with Crippen LogP contribution in [0.2, 0.25) is 0 Å². The molecular weight excluding hydrogens is 326 g/mol. The molecular formula is C17H21N3O3S. The van der Waals surface area contributed by atoms with E-state index in [1.165, 1.54) is 12.0 Å². The highest BCUT2D eigenvalue weighted by Crippen LogP contribution is 2.32. The molecule has 1 aliphatic rings. The zero-order valence-corrected chi connectivity index (χ0v) is 14.6. The molecule has 0 atom stereocenters. The number of carbonyl (C=O) groups excluding carboxylic acids is 1. The zero-order chi connectivity index (χ0) is 16.9. The van der Waals surface area contributed by atoms with Crippen molar-refractivity contribution in [1.82, 2.24) is 10.3 Å². The Balaban J connectivity index is 1.74. The summed E-state index contributed by atoms with van der Waals surface area (Å²) in [6, 6.07) is 5.14. The van der Waals surface area contributed by atoms with Gasteiger partial charge in [-0.1, -0.05) is 0 Å². The van der Waals surface area contributed by atoms with Gasteiger partial charge in [0.1, 0.15) is 11.5 Å². The van der Waals surface area contributed by atoms with Crippen LogP contribution >= 0.6 is 11.3 Å². The Bertz CT molecular complexity index is 711. The minimum Gasteiger partial charge on any atom is -0.497 e. The van der Waals surface area contributed by atoms with E-state index in [2.05, 4.69) is 15.6 Å². The lowest BCUT2D eigenvalue weighted by molar-refractivity contribution is 0.102. The monoisotopic (exact) mass is 347 g/mol. The molecule has 1 amide bonds. The lowest BCUT2D eigenvalue weighted by atomic mass is 9.97. The van der Waals surface area contributed by atoms with Crippen molar-refractivity contribution < 1.29 is 14.3 Å². The maximum Gasteiger partial charge on any atom is 0.261 e.